The highest BCUT2D eigenvalue weighted by Crippen LogP contribution is 2.24. The summed E-state index contributed by atoms with van der Waals surface area (Å²) in [5.74, 6) is 0.587. The number of nitrogens with one attached hydrogen (secondary N) is 1. The van der Waals surface area contributed by atoms with Gasteiger partial charge in [-0.15, -0.1) is 16.4 Å². The largest absolute Gasteiger partial charge is 0.403 e. The van der Waals surface area contributed by atoms with Crippen LogP contribution in [0.4, 0.5) is 6.01 Å². The maximum atomic E-state index is 5.45. The maximum Gasteiger partial charge on any atom is 0.315 e. The molecule has 4 nitrogen and oxygen atoms in total. The molecule has 0 bridgehead atoms. The number of hydrogen-bond acceptors (Lipinski definition) is 5. The van der Waals surface area contributed by atoms with Crippen molar-refractivity contribution in [3.8, 4) is 10.8 Å². The summed E-state index contributed by atoms with van der Waals surface area (Å²) in [4.78, 5) is 1.01. The van der Waals surface area contributed by atoms with E-state index < -0.39 is 0 Å². The Kier molecular flexibility index (Phi) is 3.34. The van der Waals surface area contributed by atoms with Gasteiger partial charge in [0.05, 0.1) is 4.88 Å². The van der Waals surface area contributed by atoms with Gasteiger partial charge in [0, 0.05) is 6.54 Å². The van der Waals surface area contributed by atoms with Crippen molar-refractivity contribution in [3.05, 3.63) is 17.5 Å². The minimum atomic E-state index is 0.506. The van der Waals surface area contributed by atoms with Crippen LogP contribution in [0.2, 0.25) is 0 Å². The zero-order chi connectivity index (χ0) is 10.5. The molecule has 0 spiro atoms. The van der Waals surface area contributed by atoms with Crippen LogP contribution >= 0.6 is 11.3 Å². The van der Waals surface area contributed by atoms with Crippen LogP contribution in [0.15, 0.2) is 21.9 Å². The Hall–Kier alpha value is -1.36. The van der Waals surface area contributed by atoms with E-state index in [1.807, 2.05) is 17.5 Å². The Morgan fingerprint density at radius 1 is 1.47 bits per heavy atom. The van der Waals surface area contributed by atoms with Crippen molar-refractivity contribution in [1.29, 1.82) is 0 Å². The number of hydrogen-bond donors (Lipinski definition) is 1. The van der Waals surface area contributed by atoms with Gasteiger partial charge >= 0.3 is 6.01 Å². The maximum absolute atomic E-state index is 5.45. The van der Waals surface area contributed by atoms with Crippen molar-refractivity contribution >= 4 is 17.4 Å². The van der Waals surface area contributed by atoms with E-state index >= 15 is 0 Å². The molecule has 80 valence electrons. The third-order valence-corrected chi connectivity index (χ3v) is 2.82. The van der Waals surface area contributed by atoms with E-state index in [1.54, 1.807) is 11.3 Å². The lowest BCUT2D eigenvalue weighted by Gasteiger charge is -1.96. The minimum Gasteiger partial charge on any atom is -0.403 e. The zero-order valence-corrected chi connectivity index (χ0v) is 9.38. The van der Waals surface area contributed by atoms with Gasteiger partial charge in [0.1, 0.15) is 0 Å². The third-order valence-electron chi connectivity index (χ3n) is 1.96. The summed E-state index contributed by atoms with van der Waals surface area (Å²) in [7, 11) is 0. The van der Waals surface area contributed by atoms with Crippen LogP contribution in [0.25, 0.3) is 10.8 Å². The molecule has 0 aliphatic rings. The van der Waals surface area contributed by atoms with E-state index in [4.69, 9.17) is 4.42 Å². The lowest BCUT2D eigenvalue weighted by Crippen LogP contribution is -2.00. The van der Waals surface area contributed by atoms with Crippen LogP contribution in [-0.4, -0.2) is 16.7 Å². The van der Waals surface area contributed by atoms with E-state index in [9.17, 15) is 0 Å². The predicted octanol–water partition coefficient (Wildman–Crippen LogP) is 3.01. The van der Waals surface area contributed by atoms with Crippen LogP contribution in [0, 0.1) is 0 Å². The average molecular weight is 223 g/mol. The second kappa shape index (κ2) is 4.93. The average Bonchev–Trinajstić information content (AvgIpc) is 2.87. The normalized spacial score (nSPS) is 10.5. The smallest absolute Gasteiger partial charge is 0.315 e. The first kappa shape index (κ1) is 10.2. The first-order valence-corrected chi connectivity index (χ1v) is 5.89. The summed E-state index contributed by atoms with van der Waals surface area (Å²) in [5, 5.41) is 13.0. The van der Waals surface area contributed by atoms with Gasteiger partial charge in [-0.2, -0.15) is 0 Å². The van der Waals surface area contributed by atoms with Gasteiger partial charge in [-0.1, -0.05) is 24.5 Å². The Balaban J connectivity index is 1.98. The molecule has 2 heterocycles. The highest BCUT2D eigenvalue weighted by atomic mass is 32.1. The molecule has 0 radical (unpaired) electrons. The van der Waals surface area contributed by atoms with Gasteiger partial charge in [-0.25, -0.2) is 0 Å². The Bertz CT molecular complexity index is 396. The molecular formula is C10H13N3OS. The van der Waals surface area contributed by atoms with Crippen LogP contribution in [0.5, 0.6) is 0 Å². The van der Waals surface area contributed by atoms with Crippen molar-refractivity contribution in [2.45, 2.75) is 19.8 Å². The molecular weight excluding hydrogens is 210 g/mol. The van der Waals surface area contributed by atoms with Gasteiger partial charge in [0.25, 0.3) is 5.89 Å². The Labute approximate surface area is 92.3 Å². The molecule has 0 aliphatic heterocycles. The van der Waals surface area contributed by atoms with Crippen LogP contribution in [-0.2, 0) is 0 Å². The van der Waals surface area contributed by atoms with E-state index in [0.29, 0.717) is 11.9 Å². The Morgan fingerprint density at radius 2 is 2.40 bits per heavy atom. The highest BCUT2D eigenvalue weighted by molar-refractivity contribution is 7.13. The predicted molar refractivity (Wildman–Crippen MR) is 61.0 cm³/mol. The molecule has 0 saturated heterocycles. The first-order chi connectivity index (χ1) is 7.40. The van der Waals surface area contributed by atoms with Gasteiger partial charge in [0.15, 0.2) is 0 Å². The molecule has 0 unspecified atom stereocenters. The summed E-state index contributed by atoms with van der Waals surface area (Å²) in [6.07, 6.45) is 2.26. The van der Waals surface area contributed by atoms with Crippen molar-refractivity contribution in [1.82, 2.24) is 10.2 Å². The van der Waals surface area contributed by atoms with E-state index in [-0.39, 0.29) is 0 Å². The van der Waals surface area contributed by atoms with Gasteiger partial charge in [-0.05, 0) is 17.9 Å². The third kappa shape index (κ3) is 2.56. The summed E-state index contributed by atoms with van der Waals surface area (Å²) in [5.41, 5.74) is 0. The summed E-state index contributed by atoms with van der Waals surface area (Å²) >= 11 is 1.59. The van der Waals surface area contributed by atoms with Gasteiger partial charge in [0.2, 0.25) is 0 Å². The second-order valence-corrected chi connectivity index (χ2v) is 4.12. The fourth-order valence-corrected chi connectivity index (χ4v) is 1.81. The van der Waals surface area contributed by atoms with Crippen molar-refractivity contribution in [3.63, 3.8) is 0 Å². The van der Waals surface area contributed by atoms with Crippen LogP contribution in [0.3, 0.4) is 0 Å². The SMILES string of the molecule is CCCCNc1nnc(-c2cccs2)o1. The number of rotatable bonds is 5. The number of nitrogens with zero attached hydrogens (tertiary/aromatic N) is 2. The minimum absolute atomic E-state index is 0.506. The van der Waals surface area contributed by atoms with E-state index in [2.05, 4.69) is 22.4 Å². The monoisotopic (exact) mass is 223 g/mol. The summed E-state index contributed by atoms with van der Waals surface area (Å²) < 4.78 is 5.45. The van der Waals surface area contributed by atoms with Crippen LogP contribution < -0.4 is 5.32 Å². The summed E-state index contributed by atoms with van der Waals surface area (Å²) in [6.45, 7) is 3.02. The quantitative estimate of drug-likeness (QED) is 0.792. The molecule has 0 fully saturated rings. The molecule has 1 N–H and O–H groups in total. The van der Waals surface area contributed by atoms with Crippen LogP contribution in [0.1, 0.15) is 19.8 Å². The number of unbranched alkanes of at least 4 members (excludes halogenated alkanes) is 1. The standard InChI is InChI=1S/C10H13N3OS/c1-2-3-6-11-10-13-12-9(14-10)8-5-4-7-15-8/h4-5,7H,2-3,6H2,1H3,(H,11,13). The lowest BCUT2D eigenvalue weighted by atomic mass is 10.3. The highest BCUT2D eigenvalue weighted by Gasteiger charge is 2.07. The van der Waals surface area contributed by atoms with Crippen molar-refractivity contribution < 1.29 is 4.42 Å². The van der Waals surface area contributed by atoms with Gasteiger partial charge < -0.3 is 9.73 Å². The molecule has 0 amide bonds. The number of anilines is 1. The van der Waals surface area contributed by atoms with Crippen molar-refractivity contribution in [2.75, 3.05) is 11.9 Å². The van der Waals surface area contributed by atoms with E-state index in [0.717, 1.165) is 24.3 Å². The molecule has 15 heavy (non-hydrogen) atoms. The number of thiophene rings is 1. The number of aromatic nitrogens is 2. The first-order valence-electron chi connectivity index (χ1n) is 5.01. The topological polar surface area (TPSA) is 51.0 Å². The molecule has 5 heteroatoms. The molecule has 0 aliphatic carbocycles. The Morgan fingerprint density at radius 3 is 3.13 bits per heavy atom. The van der Waals surface area contributed by atoms with E-state index in [1.165, 1.54) is 0 Å². The fourth-order valence-electron chi connectivity index (χ4n) is 1.17. The molecule has 0 aromatic carbocycles. The van der Waals surface area contributed by atoms with Gasteiger partial charge in [-0.3, -0.25) is 0 Å². The zero-order valence-electron chi connectivity index (χ0n) is 8.56. The second-order valence-electron chi connectivity index (χ2n) is 3.17. The molecule has 2 aromatic rings. The lowest BCUT2D eigenvalue weighted by molar-refractivity contribution is 0.580. The molecule has 2 aromatic heterocycles. The fraction of sp³-hybridized carbons (Fsp3) is 0.400. The summed E-state index contributed by atoms with van der Waals surface area (Å²) in [6, 6.07) is 4.44. The molecule has 0 atom stereocenters. The molecule has 2 rings (SSSR count). The van der Waals surface area contributed by atoms with Crippen molar-refractivity contribution in [2.24, 2.45) is 0 Å². The molecule has 0 saturated carbocycles.